The van der Waals surface area contributed by atoms with Crippen molar-refractivity contribution in [2.24, 2.45) is 0 Å². The molecule has 33 heavy (non-hydrogen) atoms. The first-order chi connectivity index (χ1) is 15.8. The molecular weight excluding hydrogens is 441 g/mol. The van der Waals surface area contributed by atoms with E-state index >= 15 is 0 Å². The molecule has 3 aromatic heterocycles. The molecule has 174 valence electrons. The van der Waals surface area contributed by atoms with E-state index < -0.39 is 18.2 Å². The summed E-state index contributed by atoms with van der Waals surface area (Å²) >= 11 is 0. The van der Waals surface area contributed by atoms with Gasteiger partial charge in [-0.25, -0.2) is 9.78 Å². The van der Waals surface area contributed by atoms with Crippen molar-refractivity contribution in [3.63, 3.8) is 0 Å². The maximum atomic E-state index is 12.6. The summed E-state index contributed by atoms with van der Waals surface area (Å²) in [6.07, 6.45) is 1.08. The van der Waals surface area contributed by atoms with Crippen molar-refractivity contribution in [2.75, 3.05) is 23.3 Å². The number of rotatable bonds is 5. The number of halogens is 3. The second-order valence-electron chi connectivity index (χ2n) is 7.58. The Morgan fingerprint density at radius 3 is 2.61 bits per heavy atom. The Kier molecular flexibility index (Phi) is 6.43. The van der Waals surface area contributed by atoms with Crippen LogP contribution in [0.25, 0.3) is 11.5 Å². The van der Waals surface area contributed by atoms with Gasteiger partial charge in [-0.1, -0.05) is 11.2 Å². The lowest BCUT2D eigenvalue weighted by molar-refractivity contribution is -0.159. The first-order valence-electron chi connectivity index (χ1n) is 10.3. The number of piperidine rings is 1. The largest absolute Gasteiger partial charge is 0.471 e. The molecule has 12 heteroatoms. The number of carbonyl (C=O) groups excluding carboxylic acids is 1. The summed E-state index contributed by atoms with van der Waals surface area (Å²) in [6.45, 7) is 3.67. The van der Waals surface area contributed by atoms with Crippen molar-refractivity contribution in [2.45, 2.75) is 39.0 Å². The van der Waals surface area contributed by atoms with Crippen LogP contribution in [0.2, 0.25) is 0 Å². The lowest BCUT2D eigenvalue weighted by Crippen LogP contribution is -2.30. The number of nitrogens with one attached hydrogen (secondary N) is 1. The molecule has 4 rings (SSSR count). The maximum Gasteiger partial charge on any atom is 0.471 e. The predicted octanol–water partition coefficient (Wildman–Crippen LogP) is 4.59. The lowest BCUT2D eigenvalue weighted by atomic mass is 10.1. The fraction of sp³-hybridized carbons (Fsp3) is 0.381. The van der Waals surface area contributed by atoms with Gasteiger partial charge in [-0.3, -0.25) is 10.3 Å². The summed E-state index contributed by atoms with van der Waals surface area (Å²) in [5.74, 6) is -0.852. The molecule has 1 saturated heterocycles. The molecule has 1 aliphatic rings. The Morgan fingerprint density at radius 1 is 1.18 bits per heavy atom. The number of hydrogen-bond acceptors (Lipinski definition) is 8. The van der Waals surface area contributed by atoms with Crippen molar-refractivity contribution < 1.29 is 27.2 Å². The topological polar surface area (TPSA) is 106 Å². The first-order valence-corrected chi connectivity index (χ1v) is 10.3. The van der Waals surface area contributed by atoms with Crippen molar-refractivity contribution in [1.29, 1.82) is 0 Å². The second kappa shape index (κ2) is 9.43. The van der Waals surface area contributed by atoms with Gasteiger partial charge >= 0.3 is 18.2 Å². The molecule has 0 unspecified atom stereocenters. The van der Waals surface area contributed by atoms with E-state index in [9.17, 15) is 18.0 Å². The Hall–Kier alpha value is -3.70. The van der Waals surface area contributed by atoms with Gasteiger partial charge in [-0.15, -0.1) is 0 Å². The summed E-state index contributed by atoms with van der Waals surface area (Å²) in [7, 11) is 0. The van der Waals surface area contributed by atoms with E-state index in [1.165, 1.54) is 18.7 Å². The second-order valence-corrected chi connectivity index (χ2v) is 7.58. The molecule has 3 aromatic rings. The molecule has 0 saturated carbocycles. The molecule has 1 aliphatic heterocycles. The Morgan fingerprint density at radius 2 is 1.97 bits per heavy atom. The number of aryl methyl sites for hydroxylation is 1. The Labute approximate surface area is 187 Å². The molecular formula is C21H21F3N6O3. The third-order valence-electron chi connectivity index (χ3n) is 5.10. The predicted molar refractivity (Wildman–Crippen MR) is 111 cm³/mol. The quantitative estimate of drug-likeness (QED) is 0.587. The van der Waals surface area contributed by atoms with Crippen LogP contribution < -0.4 is 10.2 Å². The highest BCUT2D eigenvalue weighted by atomic mass is 19.4. The van der Waals surface area contributed by atoms with E-state index in [0.717, 1.165) is 37.3 Å². The van der Waals surface area contributed by atoms with Crippen molar-refractivity contribution >= 4 is 17.6 Å². The zero-order valence-corrected chi connectivity index (χ0v) is 17.7. The number of ether oxygens (including phenoxy) is 1. The van der Waals surface area contributed by atoms with E-state index in [0.29, 0.717) is 11.3 Å². The Balaban J connectivity index is 1.32. The molecule has 0 spiro atoms. The van der Waals surface area contributed by atoms with Crippen LogP contribution in [0.15, 0.2) is 35.1 Å². The number of anilines is 2. The van der Waals surface area contributed by atoms with Crippen LogP contribution in [-0.4, -0.2) is 39.3 Å². The summed E-state index contributed by atoms with van der Waals surface area (Å²) in [4.78, 5) is 26.1. The van der Waals surface area contributed by atoms with E-state index in [-0.39, 0.29) is 18.1 Å². The molecule has 0 bridgehead atoms. The van der Waals surface area contributed by atoms with Crippen LogP contribution >= 0.6 is 0 Å². The number of carbonyl (C=O) groups is 1. The standard InChI is InChI=1S/C21H21F3N6O3/c1-13-9-15(18-28-19(33-29-18)21(22,23)24)25-11-16(13)27-20(31)32-12-14-5-6-17(26-10-14)30-7-3-2-4-8-30/h5-6,9-11H,2-4,7-8,12H2,1H3,(H,27,31). The van der Waals surface area contributed by atoms with Gasteiger partial charge in [-0.05, 0) is 43.9 Å². The zero-order chi connectivity index (χ0) is 23.4. The summed E-state index contributed by atoms with van der Waals surface area (Å²) in [5.41, 5.74) is 1.68. The van der Waals surface area contributed by atoms with Crippen LogP contribution in [0.1, 0.15) is 36.3 Å². The van der Waals surface area contributed by atoms with E-state index in [1.54, 1.807) is 13.1 Å². The zero-order valence-electron chi connectivity index (χ0n) is 17.7. The highest BCUT2D eigenvalue weighted by Gasteiger charge is 2.38. The van der Waals surface area contributed by atoms with Crippen molar-refractivity contribution in [3.8, 4) is 11.5 Å². The van der Waals surface area contributed by atoms with Crippen molar-refractivity contribution in [3.05, 3.63) is 47.6 Å². The van der Waals surface area contributed by atoms with E-state index in [4.69, 9.17) is 4.74 Å². The van der Waals surface area contributed by atoms with Gasteiger partial charge in [0.25, 0.3) is 0 Å². The molecule has 0 radical (unpaired) electrons. The van der Waals surface area contributed by atoms with Crippen LogP contribution in [-0.2, 0) is 17.5 Å². The van der Waals surface area contributed by atoms with Gasteiger partial charge < -0.3 is 14.2 Å². The van der Waals surface area contributed by atoms with Gasteiger partial charge in [-0.2, -0.15) is 18.2 Å². The molecule has 1 fully saturated rings. The monoisotopic (exact) mass is 462 g/mol. The highest BCUT2D eigenvalue weighted by molar-refractivity contribution is 5.85. The number of amides is 1. The molecule has 1 amide bonds. The average molecular weight is 462 g/mol. The summed E-state index contributed by atoms with van der Waals surface area (Å²) in [5, 5.41) is 5.85. The lowest BCUT2D eigenvalue weighted by Gasteiger charge is -2.27. The van der Waals surface area contributed by atoms with Gasteiger partial charge in [0.15, 0.2) is 0 Å². The highest BCUT2D eigenvalue weighted by Crippen LogP contribution is 2.29. The molecule has 0 aliphatic carbocycles. The maximum absolute atomic E-state index is 12.6. The Bertz CT molecular complexity index is 1110. The number of nitrogens with zero attached hydrogens (tertiary/aromatic N) is 5. The fourth-order valence-electron chi connectivity index (χ4n) is 3.36. The van der Waals surface area contributed by atoms with Gasteiger partial charge in [0.2, 0.25) is 5.82 Å². The van der Waals surface area contributed by atoms with Gasteiger partial charge in [0, 0.05) is 24.8 Å². The van der Waals surface area contributed by atoms with Gasteiger partial charge in [0.1, 0.15) is 18.1 Å². The van der Waals surface area contributed by atoms with Crippen LogP contribution in [0.4, 0.5) is 29.5 Å². The van der Waals surface area contributed by atoms with Crippen LogP contribution in [0, 0.1) is 6.92 Å². The average Bonchev–Trinajstić information content (AvgIpc) is 3.31. The number of aromatic nitrogens is 4. The van der Waals surface area contributed by atoms with Gasteiger partial charge in [0.05, 0.1) is 11.9 Å². The van der Waals surface area contributed by atoms with Crippen LogP contribution in [0.5, 0.6) is 0 Å². The van der Waals surface area contributed by atoms with E-state index in [2.05, 4.69) is 34.8 Å². The minimum absolute atomic E-state index is 0.0345. The normalized spacial score (nSPS) is 14.2. The number of pyridine rings is 2. The van der Waals surface area contributed by atoms with Crippen LogP contribution in [0.3, 0.4) is 0 Å². The molecule has 0 atom stereocenters. The minimum Gasteiger partial charge on any atom is -0.444 e. The SMILES string of the molecule is Cc1cc(-c2noc(C(F)(F)F)n2)ncc1NC(=O)OCc1ccc(N2CCCCC2)nc1. The smallest absolute Gasteiger partial charge is 0.444 e. The van der Waals surface area contributed by atoms with Crippen molar-refractivity contribution in [1.82, 2.24) is 20.1 Å². The third kappa shape index (κ3) is 5.57. The summed E-state index contributed by atoms with van der Waals surface area (Å²) in [6, 6.07) is 5.21. The first kappa shape index (κ1) is 22.5. The molecule has 4 heterocycles. The molecule has 1 N–H and O–H groups in total. The molecule has 9 nitrogen and oxygen atoms in total. The fourth-order valence-corrected chi connectivity index (χ4v) is 3.36. The number of alkyl halides is 3. The minimum atomic E-state index is -4.74. The summed E-state index contributed by atoms with van der Waals surface area (Å²) < 4.78 is 47.3. The van der Waals surface area contributed by atoms with E-state index in [1.807, 2.05) is 12.1 Å². The third-order valence-corrected chi connectivity index (χ3v) is 5.10. The molecule has 0 aromatic carbocycles. The number of hydrogen-bond donors (Lipinski definition) is 1.